The first kappa shape index (κ1) is 46.9. The zero-order valence-electron chi connectivity index (χ0n) is 31.3. The molecule has 0 N–H and O–H groups in total. The minimum atomic E-state index is -4.64. The van der Waals surface area contributed by atoms with Crippen LogP contribution >= 0.6 is 7.82 Å². The van der Waals surface area contributed by atoms with E-state index in [1.807, 2.05) is 94.1 Å². The summed E-state index contributed by atoms with van der Waals surface area (Å²) in [6, 6.07) is 0. The van der Waals surface area contributed by atoms with E-state index in [0.717, 1.165) is 51.4 Å². The summed E-state index contributed by atoms with van der Waals surface area (Å²) < 4.78 is 33.6. The quantitative estimate of drug-likeness (QED) is 0.0238. The molecule has 0 spiro atoms. The average molecular weight is 718 g/mol. The highest BCUT2D eigenvalue weighted by Gasteiger charge is 2.21. The van der Waals surface area contributed by atoms with E-state index in [1.54, 1.807) is 0 Å². The largest absolute Gasteiger partial charge is 0.756 e. The smallest absolute Gasteiger partial charge is 0.306 e. The third-order valence-electron chi connectivity index (χ3n) is 6.79. The van der Waals surface area contributed by atoms with Crippen LogP contribution in [0.25, 0.3) is 0 Å². The van der Waals surface area contributed by atoms with Gasteiger partial charge in [0.2, 0.25) is 0 Å². The van der Waals surface area contributed by atoms with Crippen molar-refractivity contribution >= 4 is 19.8 Å². The second-order valence-electron chi connectivity index (χ2n) is 12.7. The van der Waals surface area contributed by atoms with E-state index >= 15 is 0 Å². The van der Waals surface area contributed by atoms with Gasteiger partial charge in [0, 0.05) is 12.8 Å². The molecule has 0 radical (unpaired) electrons. The van der Waals surface area contributed by atoms with E-state index in [2.05, 4.69) is 38.2 Å². The Labute approximate surface area is 303 Å². The summed E-state index contributed by atoms with van der Waals surface area (Å²) in [5.74, 6) is -0.943. The highest BCUT2D eigenvalue weighted by atomic mass is 31.2. The Kier molecular flexibility index (Phi) is 29.9. The number of phosphoric ester groups is 1. The van der Waals surface area contributed by atoms with Gasteiger partial charge in [-0.1, -0.05) is 124 Å². The number of likely N-dealkylation sites (N-methyl/N-ethyl adjacent to an activating group) is 1. The highest BCUT2D eigenvalue weighted by Crippen LogP contribution is 2.38. The molecule has 0 aliphatic heterocycles. The standard InChI is InChI=1S/C40H64NO8P/c1-6-8-10-12-14-16-18-20-22-24-26-28-30-32-39(42)46-36-38(37-48-50(44,45)47-35-34-41(3,4)5)49-40(43)33-31-29-27-25-23-21-19-17-15-13-11-9-7-2/h8-23,38H,6-7,24-37H2,1-5H3/b10-8+,11-9+,14-12+,15-13+,18-16+,19-17+,22-20+,23-21+. The third-order valence-corrected chi connectivity index (χ3v) is 7.75. The molecule has 0 aromatic heterocycles. The van der Waals surface area contributed by atoms with Crippen molar-refractivity contribution in [1.82, 2.24) is 0 Å². The van der Waals surface area contributed by atoms with Crippen LogP contribution in [0.1, 0.15) is 90.9 Å². The van der Waals surface area contributed by atoms with E-state index in [1.165, 1.54) is 0 Å². The molecule has 0 aromatic rings. The Morgan fingerprint density at radius 1 is 0.620 bits per heavy atom. The maximum Gasteiger partial charge on any atom is 0.306 e. The summed E-state index contributed by atoms with van der Waals surface area (Å²) in [6.45, 7) is 3.79. The monoisotopic (exact) mass is 717 g/mol. The minimum Gasteiger partial charge on any atom is -0.756 e. The van der Waals surface area contributed by atoms with Gasteiger partial charge in [0.05, 0.1) is 27.7 Å². The van der Waals surface area contributed by atoms with Gasteiger partial charge in [-0.25, -0.2) is 0 Å². The van der Waals surface area contributed by atoms with Crippen molar-refractivity contribution in [2.45, 2.75) is 97.0 Å². The molecule has 0 aliphatic carbocycles. The normalized spacial score (nSPS) is 14.9. The van der Waals surface area contributed by atoms with Crippen LogP contribution in [-0.4, -0.2) is 70.0 Å². The fourth-order valence-corrected chi connectivity index (χ4v) is 4.69. The first-order chi connectivity index (χ1) is 24.0. The molecular weight excluding hydrogens is 653 g/mol. The SMILES string of the molecule is CC/C=C/C=C/C=C/C=C/CCCCCC(=O)OCC(COP(=O)([O-])OCC[N+](C)(C)C)OC(=O)CCCCC/C=C/C=C/C=C/C=C/CC. The fourth-order valence-electron chi connectivity index (χ4n) is 3.97. The lowest BCUT2D eigenvalue weighted by atomic mass is 10.1. The number of quaternary nitrogens is 1. The second kappa shape index (κ2) is 31.9. The van der Waals surface area contributed by atoms with E-state index in [9.17, 15) is 19.0 Å². The van der Waals surface area contributed by atoms with E-state index in [4.69, 9.17) is 18.5 Å². The summed E-state index contributed by atoms with van der Waals surface area (Å²) in [4.78, 5) is 37.3. The summed E-state index contributed by atoms with van der Waals surface area (Å²) >= 11 is 0. The maximum absolute atomic E-state index is 12.6. The van der Waals surface area contributed by atoms with Crippen LogP contribution < -0.4 is 4.89 Å². The second-order valence-corrected chi connectivity index (χ2v) is 14.1. The van der Waals surface area contributed by atoms with Crippen LogP contribution in [0, 0.1) is 0 Å². The molecule has 0 aliphatic rings. The maximum atomic E-state index is 12.6. The molecule has 10 heteroatoms. The number of esters is 2. The minimum absolute atomic E-state index is 0.0519. The molecule has 9 nitrogen and oxygen atoms in total. The van der Waals surface area contributed by atoms with Crippen LogP contribution in [0.15, 0.2) is 97.2 Å². The Balaban J connectivity index is 4.65. The molecule has 2 atom stereocenters. The van der Waals surface area contributed by atoms with Crippen molar-refractivity contribution in [3.63, 3.8) is 0 Å². The summed E-state index contributed by atoms with van der Waals surface area (Å²) in [5.41, 5.74) is 0. The molecule has 2 unspecified atom stereocenters. The van der Waals surface area contributed by atoms with Crippen molar-refractivity contribution in [2.75, 3.05) is 47.5 Å². The lowest BCUT2D eigenvalue weighted by Crippen LogP contribution is -2.37. The Hall–Kier alpha value is -3.07. The molecule has 0 rings (SSSR count). The number of nitrogens with zero attached hydrogens (tertiary/aromatic N) is 1. The molecule has 50 heavy (non-hydrogen) atoms. The van der Waals surface area contributed by atoms with E-state index in [0.29, 0.717) is 23.9 Å². The topological polar surface area (TPSA) is 111 Å². The Morgan fingerprint density at radius 2 is 1.08 bits per heavy atom. The number of allylic oxidation sites excluding steroid dienone is 16. The molecule has 0 fully saturated rings. The number of phosphoric acid groups is 1. The summed E-state index contributed by atoms with van der Waals surface area (Å²) in [6.07, 6.45) is 40.2. The molecule has 0 saturated heterocycles. The number of unbranched alkanes of at least 4 members (excludes halogenated alkanes) is 6. The van der Waals surface area contributed by atoms with Crippen molar-refractivity contribution in [2.24, 2.45) is 0 Å². The number of carbonyl (C=O) groups is 2. The lowest BCUT2D eigenvalue weighted by Gasteiger charge is -2.28. The number of rotatable bonds is 30. The lowest BCUT2D eigenvalue weighted by molar-refractivity contribution is -0.870. The molecular formula is C40H64NO8P. The van der Waals surface area contributed by atoms with E-state index < -0.39 is 32.5 Å². The number of ether oxygens (including phenoxy) is 2. The van der Waals surface area contributed by atoms with Crippen LogP contribution in [0.4, 0.5) is 0 Å². The number of carbonyl (C=O) groups excluding carboxylic acids is 2. The molecule has 0 bridgehead atoms. The van der Waals surface area contributed by atoms with Gasteiger partial charge in [-0.15, -0.1) is 0 Å². The van der Waals surface area contributed by atoms with Crippen LogP contribution in [0.2, 0.25) is 0 Å². The Bertz CT molecular complexity index is 1170. The predicted molar refractivity (Wildman–Crippen MR) is 203 cm³/mol. The number of hydrogen-bond acceptors (Lipinski definition) is 8. The van der Waals surface area contributed by atoms with Crippen molar-refractivity contribution < 1.29 is 42.1 Å². The van der Waals surface area contributed by atoms with Crippen LogP contribution in [-0.2, 0) is 32.7 Å². The highest BCUT2D eigenvalue weighted by molar-refractivity contribution is 7.45. The summed E-state index contributed by atoms with van der Waals surface area (Å²) in [7, 11) is 1.09. The van der Waals surface area contributed by atoms with Gasteiger partial charge in [0.25, 0.3) is 7.82 Å². The van der Waals surface area contributed by atoms with Gasteiger partial charge in [0.15, 0.2) is 6.10 Å². The van der Waals surface area contributed by atoms with Crippen molar-refractivity contribution in [3.8, 4) is 0 Å². The van der Waals surface area contributed by atoms with Gasteiger partial charge in [0.1, 0.15) is 19.8 Å². The predicted octanol–water partition coefficient (Wildman–Crippen LogP) is 8.82. The first-order valence-corrected chi connectivity index (χ1v) is 19.5. The number of hydrogen-bond donors (Lipinski definition) is 0. The zero-order valence-corrected chi connectivity index (χ0v) is 32.2. The van der Waals surface area contributed by atoms with Gasteiger partial charge in [-0.05, 0) is 51.4 Å². The molecule has 0 aromatic carbocycles. The van der Waals surface area contributed by atoms with Gasteiger partial charge >= 0.3 is 11.9 Å². The van der Waals surface area contributed by atoms with Crippen LogP contribution in [0.3, 0.4) is 0 Å². The van der Waals surface area contributed by atoms with Crippen LogP contribution in [0.5, 0.6) is 0 Å². The summed E-state index contributed by atoms with van der Waals surface area (Å²) in [5, 5.41) is 0. The fraction of sp³-hybridized carbons (Fsp3) is 0.550. The molecule has 0 heterocycles. The molecule has 0 saturated carbocycles. The average Bonchev–Trinajstić information content (AvgIpc) is 3.06. The Morgan fingerprint density at radius 3 is 1.56 bits per heavy atom. The van der Waals surface area contributed by atoms with Gasteiger partial charge in [-0.3, -0.25) is 14.2 Å². The molecule has 0 amide bonds. The van der Waals surface area contributed by atoms with Crippen molar-refractivity contribution in [1.29, 1.82) is 0 Å². The van der Waals surface area contributed by atoms with Gasteiger partial charge in [-0.2, -0.15) is 0 Å². The zero-order chi connectivity index (χ0) is 37.2. The van der Waals surface area contributed by atoms with E-state index in [-0.39, 0.29) is 26.1 Å². The van der Waals surface area contributed by atoms with Gasteiger partial charge < -0.3 is 27.9 Å². The molecule has 282 valence electrons. The third kappa shape index (κ3) is 34.8. The first-order valence-electron chi connectivity index (χ1n) is 18.0. The van der Waals surface area contributed by atoms with Crippen molar-refractivity contribution in [3.05, 3.63) is 97.2 Å².